The molecule has 128 valence electrons. The monoisotopic (exact) mass is 353 g/mol. The van der Waals surface area contributed by atoms with Gasteiger partial charge in [-0.2, -0.15) is 0 Å². The number of aryl methyl sites for hydroxylation is 2. The van der Waals surface area contributed by atoms with Crippen LogP contribution in [-0.4, -0.2) is 28.5 Å². The third kappa shape index (κ3) is 2.66. The minimum Gasteiger partial charge on any atom is -0.467 e. The van der Waals surface area contributed by atoms with E-state index in [2.05, 4.69) is 29.9 Å². The highest BCUT2D eigenvalue weighted by molar-refractivity contribution is 7.18. The van der Waals surface area contributed by atoms with Gasteiger partial charge in [0, 0.05) is 16.6 Å². The second-order valence-corrected chi connectivity index (χ2v) is 7.58. The fraction of sp³-hybridized carbons (Fsp3) is 0.316. The van der Waals surface area contributed by atoms with Gasteiger partial charge in [-0.05, 0) is 44.4 Å². The van der Waals surface area contributed by atoms with Gasteiger partial charge in [0.15, 0.2) is 6.61 Å². The number of anilines is 1. The van der Waals surface area contributed by atoms with E-state index < -0.39 is 0 Å². The summed E-state index contributed by atoms with van der Waals surface area (Å²) in [5.74, 6) is 0.439. The lowest BCUT2D eigenvalue weighted by Crippen LogP contribution is -2.39. The molecule has 1 aromatic carbocycles. The number of nitrogens with zero attached hydrogens (tertiary/aromatic N) is 3. The van der Waals surface area contributed by atoms with Gasteiger partial charge in [-0.25, -0.2) is 9.97 Å². The first kappa shape index (κ1) is 16.0. The average molecular weight is 353 g/mol. The predicted octanol–water partition coefficient (Wildman–Crippen LogP) is 3.66. The summed E-state index contributed by atoms with van der Waals surface area (Å²) in [7, 11) is 0. The number of carbonyl (C=O) groups excluding carboxylic acids is 1. The van der Waals surface area contributed by atoms with Crippen molar-refractivity contribution in [2.75, 3.05) is 11.5 Å². The van der Waals surface area contributed by atoms with Gasteiger partial charge in [0.1, 0.15) is 11.2 Å². The van der Waals surface area contributed by atoms with Crippen LogP contribution in [0.1, 0.15) is 22.9 Å². The van der Waals surface area contributed by atoms with E-state index in [1.807, 2.05) is 30.0 Å². The lowest BCUT2D eigenvalue weighted by atomic mass is 10.1. The maximum Gasteiger partial charge on any atom is 0.265 e. The second-order valence-electron chi connectivity index (χ2n) is 6.38. The van der Waals surface area contributed by atoms with Crippen LogP contribution in [0.25, 0.3) is 10.2 Å². The number of carbonyl (C=O) groups is 1. The smallest absolute Gasteiger partial charge is 0.265 e. The zero-order chi connectivity index (χ0) is 17.6. The van der Waals surface area contributed by atoms with Gasteiger partial charge in [-0.3, -0.25) is 4.79 Å². The fourth-order valence-electron chi connectivity index (χ4n) is 3.40. The normalized spacial score (nSPS) is 16.3. The summed E-state index contributed by atoms with van der Waals surface area (Å²) in [5.41, 5.74) is 3.30. The van der Waals surface area contributed by atoms with Crippen LogP contribution in [-0.2, 0) is 11.2 Å². The molecule has 2 aromatic heterocycles. The number of ether oxygens (including phenoxy) is 1. The van der Waals surface area contributed by atoms with E-state index in [4.69, 9.17) is 4.74 Å². The molecule has 0 N–H and O–H groups in total. The molecule has 4 rings (SSSR count). The molecule has 0 fully saturated rings. The van der Waals surface area contributed by atoms with E-state index in [1.54, 1.807) is 11.3 Å². The lowest BCUT2D eigenvalue weighted by molar-refractivity contribution is -0.120. The Labute approximate surface area is 150 Å². The molecule has 0 saturated heterocycles. The minimum absolute atomic E-state index is 0.0286. The third-order valence-electron chi connectivity index (χ3n) is 4.74. The summed E-state index contributed by atoms with van der Waals surface area (Å²) in [6.45, 7) is 6.12. The number of rotatable bonds is 3. The molecule has 1 atom stereocenters. The van der Waals surface area contributed by atoms with E-state index in [9.17, 15) is 4.79 Å². The van der Waals surface area contributed by atoms with Crippen LogP contribution >= 0.6 is 11.3 Å². The number of thiophene rings is 1. The maximum atomic E-state index is 12.8. The summed E-state index contributed by atoms with van der Waals surface area (Å²) in [6, 6.07) is 8.18. The van der Waals surface area contributed by atoms with E-state index in [0.717, 1.165) is 27.9 Å². The molecule has 3 aromatic rings. The van der Waals surface area contributed by atoms with Crippen molar-refractivity contribution in [3.63, 3.8) is 0 Å². The summed E-state index contributed by atoms with van der Waals surface area (Å²) < 4.78 is 5.82. The van der Waals surface area contributed by atoms with Crippen molar-refractivity contribution in [2.24, 2.45) is 0 Å². The SMILES string of the molecule is Cc1sc2ncnc(OCC(=O)N3c4ccccc4C[C@H]3C)c2c1C. The molecule has 1 aliphatic rings. The molecular formula is C19H19N3O2S. The number of amides is 1. The van der Waals surface area contributed by atoms with Crippen molar-refractivity contribution < 1.29 is 9.53 Å². The molecule has 25 heavy (non-hydrogen) atoms. The van der Waals surface area contributed by atoms with E-state index >= 15 is 0 Å². The predicted molar refractivity (Wildman–Crippen MR) is 99.5 cm³/mol. The topological polar surface area (TPSA) is 55.3 Å². The van der Waals surface area contributed by atoms with Gasteiger partial charge >= 0.3 is 0 Å². The number of para-hydroxylation sites is 1. The Morgan fingerprint density at radius 1 is 1.32 bits per heavy atom. The Morgan fingerprint density at radius 2 is 2.12 bits per heavy atom. The standard InChI is InChI=1S/C19H19N3O2S/c1-11-8-14-6-4-5-7-15(14)22(11)16(23)9-24-18-17-12(2)13(3)25-19(17)21-10-20-18/h4-7,10-11H,8-9H2,1-3H3/t11-/m1/s1. The third-order valence-corrected chi connectivity index (χ3v) is 5.85. The van der Waals surface area contributed by atoms with Gasteiger partial charge in [0.05, 0.1) is 5.39 Å². The maximum absolute atomic E-state index is 12.8. The summed E-state index contributed by atoms with van der Waals surface area (Å²) >= 11 is 1.62. The van der Waals surface area contributed by atoms with Crippen LogP contribution < -0.4 is 9.64 Å². The van der Waals surface area contributed by atoms with E-state index in [0.29, 0.717) is 5.88 Å². The number of hydrogen-bond acceptors (Lipinski definition) is 5. The number of benzene rings is 1. The molecule has 0 bridgehead atoms. The largest absolute Gasteiger partial charge is 0.467 e. The molecule has 5 nitrogen and oxygen atoms in total. The molecule has 6 heteroatoms. The van der Waals surface area contributed by atoms with Gasteiger partial charge in [-0.15, -0.1) is 11.3 Å². The summed E-state index contributed by atoms with van der Waals surface area (Å²) in [5, 5.41) is 0.910. The fourth-order valence-corrected chi connectivity index (χ4v) is 4.39. The zero-order valence-electron chi connectivity index (χ0n) is 14.4. The highest BCUT2D eigenvalue weighted by atomic mass is 32.1. The Kier molecular flexibility index (Phi) is 3.92. The average Bonchev–Trinajstić information content (AvgIpc) is 3.09. The van der Waals surface area contributed by atoms with Gasteiger partial charge < -0.3 is 9.64 Å². The molecule has 0 unspecified atom stereocenters. The van der Waals surface area contributed by atoms with Crippen LogP contribution in [0.4, 0.5) is 5.69 Å². The van der Waals surface area contributed by atoms with Crippen molar-refractivity contribution in [2.45, 2.75) is 33.2 Å². The van der Waals surface area contributed by atoms with Gasteiger partial charge in [0.25, 0.3) is 5.91 Å². The van der Waals surface area contributed by atoms with Crippen molar-refractivity contribution in [3.8, 4) is 5.88 Å². The van der Waals surface area contributed by atoms with Crippen molar-refractivity contribution >= 4 is 33.1 Å². The summed E-state index contributed by atoms with van der Waals surface area (Å²) in [6.07, 6.45) is 2.37. The quantitative estimate of drug-likeness (QED) is 0.721. The highest BCUT2D eigenvalue weighted by Crippen LogP contribution is 2.34. The zero-order valence-corrected chi connectivity index (χ0v) is 15.3. The Bertz CT molecular complexity index is 966. The molecule has 0 aliphatic carbocycles. The lowest BCUT2D eigenvalue weighted by Gasteiger charge is -2.22. The van der Waals surface area contributed by atoms with Crippen LogP contribution in [0.15, 0.2) is 30.6 Å². The Hall–Kier alpha value is -2.47. The Balaban J connectivity index is 1.57. The van der Waals surface area contributed by atoms with Gasteiger partial charge in [-0.1, -0.05) is 18.2 Å². The highest BCUT2D eigenvalue weighted by Gasteiger charge is 2.30. The Morgan fingerprint density at radius 3 is 2.96 bits per heavy atom. The van der Waals surface area contributed by atoms with E-state index in [-0.39, 0.29) is 18.6 Å². The number of hydrogen-bond donors (Lipinski definition) is 0. The first-order valence-corrected chi connectivity index (χ1v) is 9.11. The first-order chi connectivity index (χ1) is 12.1. The molecule has 0 spiro atoms. The second kappa shape index (κ2) is 6.11. The minimum atomic E-state index is -0.0474. The molecule has 1 amide bonds. The van der Waals surface area contributed by atoms with Crippen molar-refractivity contribution in [1.29, 1.82) is 0 Å². The molecule has 1 aliphatic heterocycles. The summed E-state index contributed by atoms with van der Waals surface area (Å²) in [4.78, 5) is 25.2. The van der Waals surface area contributed by atoms with E-state index in [1.165, 1.54) is 16.8 Å². The van der Waals surface area contributed by atoms with Crippen LogP contribution in [0, 0.1) is 13.8 Å². The van der Waals surface area contributed by atoms with Gasteiger partial charge in [0.2, 0.25) is 5.88 Å². The molecule has 3 heterocycles. The van der Waals surface area contributed by atoms with Crippen molar-refractivity contribution in [3.05, 3.63) is 46.6 Å². The molecular weight excluding hydrogens is 334 g/mol. The van der Waals surface area contributed by atoms with Crippen molar-refractivity contribution in [1.82, 2.24) is 9.97 Å². The molecule has 0 radical (unpaired) electrons. The van der Waals surface area contributed by atoms with Crippen LogP contribution in [0.2, 0.25) is 0 Å². The number of fused-ring (bicyclic) bond motifs is 2. The van der Waals surface area contributed by atoms with Crippen LogP contribution in [0.5, 0.6) is 5.88 Å². The number of aromatic nitrogens is 2. The molecule has 0 saturated carbocycles. The van der Waals surface area contributed by atoms with Crippen LogP contribution in [0.3, 0.4) is 0 Å². The first-order valence-electron chi connectivity index (χ1n) is 8.29.